The summed E-state index contributed by atoms with van der Waals surface area (Å²) >= 11 is 0. The second kappa shape index (κ2) is 4.62. The Bertz CT molecular complexity index is 284. The molecule has 0 spiro atoms. The van der Waals surface area contributed by atoms with Gasteiger partial charge in [0.15, 0.2) is 0 Å². The third-order valence-electron chi connectivity index (χ3n) is 5.05. The van der Waals surface area contributed by atoms with Crippen LogP contribution in [0.25, 0.3) is 0 Å². The van der Waals surface area contributed by atoms with Crippen LogP contribution in [0, 0.1) is 23.2 Å². The summed E-state index contributed by atoms with van der Waals surface area (Å²) in [6.45, 7) is 9.26. The van der Waals surface area contributed by atoms with Gasteiger partial charge in [-0.15, -0.1) is 0 Å². The van der Waals surface area contributed by atoms with Gasteiger partial charge in [-0.1, -0.05) is 20.8 Å². The molecule has 17 heavy (non-hydrogen) atoms. The monoisotopic (exact) mass is 237 g/mol. The summed E-state index contributed by atoms with van der Waals surface area (Å²) in [4.78, 5) is 11.4. The van der Waals surface area contributed by atoms with E-state index in [9.17, 15) is 4.79 Å². The Hall–Kier alpha value is -0.530. The molecule has 0 aromatic heterocycles. The minimum Gasteiger partial charge on any atom is -0.353 e. The largest absolute Gasteiger partial charge is 0.353 e. The molecular formula is C15H27NO. The van der Waals surface area contributed by atoms with Gasteiger partial charge in [0.05, 0.1) is 0 Å². The molecule has 0 bridgehead atoms. The first-order valence-electron chi connectivity index (χ1n) is 7.17. The molecule has 0 radical (unpaired) electrons. The van der Waals surface area contributed by atoms with Crippen LogP contribution in [-0.2, 0) is 4.79 Å². The number of amides is 1. The zero-order chi connectivity index (χ0) is 12.6. The van der Waals surface area contributed by atoms with Crippen LogP contribution in [0.3, 0.4) is 0 Å². The first kappa shape index (κ1) is 12.9. The van der Waals surface area contributed by atoms with E-state index in [1.54, 1.807) is 0 Å². The molecule has 2 fully saturated rings. The Balaban J connectivity index is 1.89. The highest BCUT2D eigenvalue weighted by Crippen LogP contribution is 2.43. The predicted octanol–water partition coefficient (Wildman–Crippen LogP) is 3.36. The lowest BCUT2D eigenvalue weighted by atomic mass is 9.66. The maximum Gasteiger partial charge on any atom is 0.220 e. The van der Waals surface area contributed by atoms with E-state index in [1.807, 2.05) is 0 Å². The van der Waals surface area contributed by atoms with Gasteiger partial charge in [-0.25, -0.2) is 0 Å². The maximum absolute atomic E-state index is 11.4. The van der Waals surface area contributed by atoms with E-state index in [4.69, 9.17) is 0 Å². The molecule has 1 amide bonds. The molecular weight excluding hydrogens is 210 g/mol. The molecule has 2 rings (SSSR count). The van der Waals surface area contributed by atoms with Crippen LogP contribution in [0.5, 0.6) is 0 Å². The molecule has 2 atom stereocenters. The number of carbonyl (C=O) groups is 1. The average Bonchev–Trinajstić information content (AvgIpc) is 2.57. The zero-order valence-electron chi connectivity index (χ0n) is 11.8. The normalized spacial score (nSPS) is 39.2. The molecule has 1 N–H and O–H groups in total. The van der Waals surface area contributed by atoms with Crippen molar-refractivity contribution in [3.8, 4) is 0 Å². The van der Waals surface area contributed by atoms with Crippen LogP contribution < -0.4 is 5.32 Å². The minimum atomic E-state index is 0.264. The Morgan fingerprint density at radius 3 is 2.12 bits per heavy atom. The maximum atomic E-state index is 11.4. The van der Waals surface area contributed by atoms with Crippen molar-refractivity contribution in [2.75, 3.05) is 0 Å². The molecule has 1 heterocycles. The number of carbonyl (C=O) groups excluding carboxylic acids is 1. The van der Waals surface area contributed by atoms with Gasteiger partial charge >= 0.3 is 0 Å². The predicted molar refractivity (Wildman–Crippen MR) is 70.6 cm³/mol. The summed E-state index contributed by atoms with van der Waals surface area (Å²) in [7, 11) is 0. The highest BCUT2D eigenvalue weighted by Gasteiger charge is 2.38. The quantitative estimate of drug-likeness (QED) is 0.744. The van der Waals surface area contributed by atoms with Crippen molar-refractivity contribution in [1.29, 1.82) is 0 Å². The molecule has 2 heteroatoms. The minimum absolute atomic E-state index is 0.264. The Morgan fingerprint density at radius 2 is 1.71 bits per heavy atom. The van der Waals surface area contributed by atoms with Gasteiger partial charge in [0.25, 0.3) is 0 Å². The van der Waals surface area contributed by atoms with Gasteiger partial charge in [0, 0.05) is 12.5 Å². The van der Waals surface area contributed by atoms with Gasteiger partial charge in [-0.05, 0) is 55.8 Å². The molecule has 2 unspecified atom stereocenters. The number of hydrogen-bond donors (Lipinski definition) is 1. The highest BCUT2D eigenvalue weighted by molar-refractivity contribution is 5.78. The highest BCUT2D eigenvalue weighted by atomic mass is 16.1. The van der Waals surface area contributed by atoms with Gasteiger partial charge < -0.3 is 5.32 Å². The van der Waals surface area contributed by atoms with Crippen molar-refractivity contribution < 1.29 is 4.79 Å². The van der Waals surface area contributed by atoms with Gasteiger partial charge in [-0.3, -0.25) is 4.79 Å². The average molecular weight is 237 g/mol. The second-order valence-corrected chi connectivity index (χ2v) is 7.20. The van der Waals surface area contributed by atoms with E-state index in [0.717, 1.165) is 18.3 Å². The van der Waals surface area contributed by atoms with Crippen molar-refractivity contribution in [2.24, 2.45) is 23.2 Å². The molecule has 1 saturated carbocycles. The van der Waals surface area contributed by atoms with Crippen LogP contribution in [-0.4, -0.2) is 11.9 Å². The van der Waals surface area contributed by atoms with E-state index in [-0.39, 0.29) is 5.91 Å². The van der Waals surface area contributed by atoms with Crippen molar-refractivity contribution in [2.45, 2.75) is 65.8 Å². The Labute approximate surface area is 106 Å². The van der Waals surface area contributed by atoms with Crippen LogP contribution >= 0.6 is 0 Å². The molecule has 1 aliphatic heterocycles. The van der Waals surface area contributed by atoms with E-state index in [1.165, 1.54) is 25.7 Å². The van der Waals surface area contributed by atoms with Crippen LogP contribution in [0.15, 0.2) is 0 Å². The Morgan fingerprint density at radius 1 is 1.12 bits per heavy atom. The van der Waals surface area contributed by atoms with E-state index in [0.29, 0.717) is 17.4 Å². The van der Waals surface area contributed by atoms with E-state index >= 15 is 0 Å². The number of nitrogens with one attached hydrogen (secondary N) is 1. The first-order chi connectivity index (χ1) is 7.88. The molecule has 2 nitrogen and oxygen atoms in total. The second-order valence-electron chi connectivity index (χ2n) is 7.20. The van der Waals surface area contributed by atoms with Crippen molar-refractivity contribution in [3.63, 3.8) is 0 Å². The Kier molecular flexibility index (Phi) is 3.51. The molecule has 98 valence electrons. The molecule has 1 saturated heterocycles. The fraction of sp³-hybridized carbons (Fsp3) is 0.933. The van der Waals surface area contributed by atoms with Gasteiger partial charge in [0.1, 0.15) is 0 Å². The SMILES string of the molecule is CC1NC(=O)CC1C1CCC(C(C)(C)C)CC1. The molecule has 2 aliphatic rings. The lowest BCUT2D eigenvalue weighted by molar-refractivity contribution is -0.119. The molecule has 1 aliphatic carbocycles. The first-order valence-corrected chi connectivity index (χ1v) is 7.17. The smallest absolute Gasteiger partial charge is 0.220 e. The summed E-state index contributed by atoms with van der Waals surface area (Å²) in [6.07, 6.45) is 6.13. The lowest BCUT2D eigenvalue weighted by Crippen LogP contribution is -2.33. The standard InChI is InChI=1S/C15H27NO/c1-10-13(9-14(17)16-10)11-5-7-12(8-6-11)15(2,3)4/h10-13H,5-9H2,1-4H3,(H,16,17). The van der Waals surface area contributed by atoms with Gasteiger partial charge in [-0.2, -0.15) is 0 Å². The summed E-state index contributed by atoms with van der Waals surface area (Å²) in [6, 6.07) is 0.402. The third kappa shape index (κ3) is 2.83. The van der Waals surface area contributed by atoms with Crippen molar-refractivity contribution in [1.82, 2.24) is 5.32 Å². The summed E-state index contributed by atoms with van der Waals surface area (Å²) in [5.41, 5.74) is 0.459. The van der Waals surface area contributed by atoms with Crippen LogP contribution in [0.4, 0.5) is 0 Å². The molecule has 0 aromatic rings. The summed E-state index contributed by atoms with van der Waals surface area (Å²) < 4.78 is 0. The van der Waals surface area contributed by atoms with E-state index in [2.05, 4.69) is 33.0 Å². The van der Waals surface area contributed by atoms with Crippen molar-refractivity contribution in [3.05, 3.63) is 0 Å². The fourth-order valence-electron chi connectivity index (χ4n) is 3.80. The topological polar surface area (TPSA) is 29.1 Å². The van der Waals surface area contributed by atoms with Crippen LogP contribution in [0.1, 0.15) is 59.8 Å². The fourth-order valence-corrected chi connectivity index (χ4v) is 3.80. The lowest BCUT2D eigenvalue weighted by Gasteiger charge is -2.39. The summed E-state index contributed by atoms with van der Waals surface area (Å²) in [5, 5.41) is 3.07. The van der Waals surface area contributed by atoms with Crippen LogP contribution in [0.2, 0.25) is 0 Å². The number of rotatable bonds is 1. The van der Waals surface area contributed by atoms with E-state index < -0.39 is 0 Å². The summed E-state index contributed by atoms with van der Waals surface area (Å²) in [5.74, 6) is 2.52. The third-order valence-corrected chi connectivity index (χ3v) is 5.05. The number of hydrogen-bond acceptors (Lipinski definition) is 1. The zero-order valence-corrected chi connectivity index (χ0v) is 11.8. The van der Waals surface area contributed by atoms with Gasteiger partial charge in [0.2, 0.25) is 5.91 Å². The molecule has 0 aromatic carbocycles. The van der Waals surface area contributed by atoms with Crippen molar-refractivity contribution >= 4 is 5.91 Å².